The zero-order valence-electron chi connectivity index (χ0n) is 25.2. The largest absolute Gasteiger partial charge is 0.497 e. The van der Waals surface area contributed by atoms with E-state index < -0.39 is 12.0 Å². The van der Waals surface area contributed by atoms with E-state index in [1.807, 2.05) is 18.2 Å². The molecule has 0 aliphatic carbocycles. The Morgan fingerprint density at radius 1 is 1.05 bits per heavy atom. The number of carboxylic acid groups (broad SMARTS) is 1. The molecule has 0 radical (unpaired) electrons. The molecule has 2 aromatic carbocycles. The molecule has 3 heterocycles. The van der Waals surface area contributed by atoms with Gasteiger partial charge in [-0.25, -0.2) is 4.79 Å². The van der Waals surface area contributed by atoms with E-state index in [0.29, 0.717) is 80.4 Å². The highest BCUT2D eigenvalue weighted by molar-refractivity contribution is 6.05. The molecule has 0 bridgehead atoms. The second-order valence-corrected chi connectivity index (χ2v) is 12.2. The summed E-state index contributed by atoms with van der Waals surface area (Å²) in [5.41, 5.74) is 6.50. The van der Waals surface area contributed by atoms with Crippen molar-refractivity contribution >= 4 is 22.9 Å². The van der Waals surface area contributed by atoms with Crippen LogP contribution >= 0.6 is 0 Å². The number of carbonyl (C=O) groups excluding carboxylic acids is 1. The number of hydrogen-bond acceptors (Lipinski definition) is 7. The molecule has 2 amide bonds. The Balaban J connectivity index is 1.33. The molecule has 230 valence electrons. The molecule has 1 atom stereocenters. The van der Waals surface area contributed by atoms with Gasteiger partial charge < -0.3 is 34.5 Å². The van der Waals surface area contributed by atoms with Crippen molar-refractivity contribution in [3.05, 3.63) is 63.9 Å². The first-order chi connectivity index (χ1) is 20.5. The third-order valence-electron chi connectivity index (χ3n) is 8.38. The molecule has 11 heteroatoms. The smallest absolute Gasteiger partial charge is 0.408 e. The van der Waals surface area contributed by atoms with Gasteiger partial charge in [0.15, 0.2) is 11.5 Å². The van der Waals surface area contributed by atoms with Crippen LogP contribution in [0, 0.1) is 5.41 Å². The predicted octanol–water partition coefficient (Wildman–Crippen LogP) is 4.11. The number of benzene rings is 2. The van der Waals surface area contributed by atoms with Crippen LogP contribution in [-0.4, -0.2) is 77.5 Å². The molecular formula is C32H40N4O7. The number of ether oxygens (including phenoxy) is 3. The van der Waals surface area contributed by atoms with Crippen LogP contribution in [-0.2, 0) is 6.54 Å². The van der Waals surface area contributed by atoms with Crippen LogP contribution in [0.1, 0.15) is 55.6 Å². The summed E-state index contributed by atoms with van der Waals surface area (Å²) < 4.78 is 18.5. The maximum atomic E-state index is 13.0. The number of aromatic nitrogens is 1. The molecular weight excluding hydrogens is 552 g/mol. The van der Waals surface area contributed by atoms with Crippen LogP contribution in [0.3, 0.4) is 0 Å². The van der Waals surface area contributed by atoms with Gasteiger partial charge in [-0.3, -0.25) is 14.5 Å². The van der Waals surface area contributed by atoms with E-state index in [-0.39, 0.29) is 28.6 Å². The lowest BCUT2D eigenvalue weighted by molar-refractivity contribution is 0.0291. The molecule has 5 rings (SSSR count). The van der Waals surface area contributed by atoms with E-state index in [0.717, 1.165) is 5.56 Å². The minimum atomic E-state index is -0.949. The SMILES string of the molecule is COc1ccc2c(C(N)=O)cc(=O)n(CCN3CCC(N(C(=O)O)C(c4ccc5c(c4)OCCO5)C(C)(C)C)CC3)c2c1. The van der Waals surface area contributed by atoms with Gasteiger partial charge in [-0.2, -0.15) is 0 Å². The minimum Gasteiger partial charge on any atom is -0.497 e. The first-order valence-corrected chi connectivity index (χ1v) is 14.6. The number of fused-ring (bicyclic) bond motifs is 2. The number of nitrogens with zero attached hydrogens (tertiary/aromatic N) is 3. The van der Waals surface area contributed by atoms with Crippen molar-refractivity contribution in [2.45, 2.75) is 52.2 Å². The van der Waals surface area contributed by atoms with E-state index in [4.69, 9.17) is 19.9 Å². The molecule has 0 spiro atoms. The number of amides is 2. The minimum absolute atomic E-state index is 0.172. The first kappa shape index (κ1) is 30.2. The molecule has 1 saturated heterocycles. The normalized spacial score (nSPS) is 16.6. The summed E-state index contributed by atoms with van der Waals surface area (Å²) in [4.78, 5) is 41.7. The first-order valence-electron chi connectivity index (χ1n) is 14.6. The fourth-order valence-electron chi connectivity index (χ4n) is 6.37. The van der Waals surface area contributed by atoms with Gasteiger partial charge in [0.2, 0.25) is 5.91 Å². The van der Waals surface area contributed by atoms with Crippen LogP contribution in [0.4, 0.5) is 4.79 Å². The monoisotopic (exact) mass is 592 g/mol. The zero-order chi connectivity index (χ0) is 30.9. The third-order valence-corrected chi connectivity index (χ3v) is 8.38. The van der Waals surface area contributed by atoms with E-state index in [9.17, 15) is 19.5 Å². The summed E-state index contributed by atoms with van der Waals surface area (Å²) >= 11 is 0. The lowest BCUT2D eigenvalue weighted by Gasteiger charge is -2.45. The number of methoxy groups -OCH3 is 1. The number of nitrogens with two attached hydrogens (primary N) is 1. The molecule has 43 heavy (non-hydrogen) atoms. The number of primary amides is 1. The van der Waals surface area contributed by atoms with Gasteiger partial charge in [0.25, 0.3) is 5.56 Å². The second kappa shape index (κ2) is 12.2. The van der Waals surface area contributed by atoms with Crippen molar-refractivity contribution in [1.29, 1.82) is 0 Å². The average Bonchev–Trinajstić information content (AvgIpc) is 2.98. The van der Waals surface area contributed by atoms with Gasteiger partial charge in [0.1, 0.15) is 19.0 Å². The van der Waals surface area contributed by atoms with Crippen LogP contribution in [0.25, 0.3) is 10.9 Å². The maximum Gasteiger partial charge on any atom is 0.408 e. The highest BCUT2D eigenvalue weighted by Gasteiger charge is 2.40. The van der Waals surface area contributed by atoms with Crippen molar-refractivity contribution in [2.24, 2.45) is 11.1 Å². The Labute approximate surface area is 250 Å². The van der Waals surface area contributed by atoms with Gasteiger partial charge in [-0.1, -0.05) is 26.8 Å². The Kier molecular flexibility index (Phi) is 8.55. The molecule has 3 N–H and O–H groups in total. The van der Waals surface area contributed by atoms with E-state index in [1.54, 1.807) is 34.8 Å². The third kappa shape index (κ3) is 6.27. The summed E-state index contributed by atoms with van der Waals surface area (Å²) in [5, 5.41) is 11.1. The van der Waals surface area contributed by atoms with Crippen LogP contribution < -0.4 is 25.5 Å². The van der Waals surface area contributed by atoms with Gasteiger partial charge in [0, 0.05) is 49.7 Å². The molecule has 1 aromatic heterocycles. The maximum absolute atomic E-state index is 13.0. The second-order valence-electron chi connectivity index (χ2n) is 12.2. The quantitative estimate of drug-likeness (QED) is 0.399. The lowest BCUT2D eigenvalue weighted by Crippen LogP contribution is -2.51. The Morgan fingerprint density at radius 2 is 1.74 bits per heavy atom. The van der Waals surface area contributed by atoms with E-state index in [2.05, 4.69) is 25.7 Å². The molecule has 1 fully saturated rings. The fraction of sp³-hybridized carbons (Fsp3) is 0.469. The molecule has 0 saturated carbocycles. The Morgan fingerprint density at radius 3 is 2.37 bits per heavy atom. The summed E-state index contributed by atoms with van der Waals surface area (Å²) in [5.74, 6) is 1.23. The summed E-state index contributed by atoms with van der Waals surface area (Å²) in [6, 6.07) is 11.7. The van der Waals surface area contributed by atoms with Crippen LogP contribution in [0.2, 0.25) is 0 Å². The van der Waals surface area contributed by atoms with Crippen molar-refractivity contribution < 1.29 is 28.9 Å². The van der Waals surface area contributed by atoms with Crippen molar-refractivity contribution in [3.63, 3.8) is 0 Å². The highest BCUT2D eigenvalue weighted by Crippen LogP contribution is 2.43. The van der Waals surface area contributed by atoms with E-state index in [1.165, 1.54) is 6.07 Å². The van der Waals surface area contributed by atoms with Gasteiger partial charge in [-0.15, -0.1) is 0 Å². The van der Waals surface area contributed by atoms with Crippen molar-refractivity contribution in [3.8, 4) is 17.2 Å². The topological polar surface area (TPSA) is 137 Å². The predicted molar refractivity (Wildman–Crippen MR) is 162 cm³/mol. The van der Waals surface area contributed by atoms with Crippen LogP contribution in [0.15, 0.2) is 47.3 Å². The lowest BCUT2D eigenvalue weighted by atomic mass is 9.80. The number of likely N-dealkylation sites (tertiary alicyclic amines) is 1. The Bertz CT molecular complexity index is 1570. The van der Waals surface area contributed by atoms with Gasteiger partial charge >= 0.3 is 6.09 Å². The molecule has 11 nitrogen and oxygen atoms in total. The van der Waals surface area contributed by atoms with Crippen LogP contribution in [0.5, 0.6) is 17.2 Å². The number of carbonyl (C=O) groups is 2. The zero-order valence-corrected chi connectivity index (χ0v) is 25.2. The van der Waals surface area contributed by atoms with Crippen molar-refractivity contribution in [1.82, 2.24) is 14.4 Å². The van der Waals surface area contributed by atoms with Gasteiger partial charge in [0.05, 0.1) is 24.2 Å². The van der Waals surface area contributed by atoms with E-state index >= 15 is 0 Å². The number of rotatable bonds is 8. The summed E-state index contributed by atoms with van der Waals surface area (Å²) in [6.45, 7) is 9.47. The summed E-state index contributed by atoms with van der Waals surface area (Å²) in [7, 11) is 1.55. The highest BCUT2D eigenvalue weighted by atomic mass is 16.6. The number of pyridine rings is 1. The molecule has 2 aliphatic heterocycles. The standard InChI is InChI=1S/C32H40N4O7/c1-32(2,3)29(20-5-8-26-27(17-20)43-16-15-42-26)36(31(39)40)21-9-11-34(12-10-21)13-14-35-25-18-22(41-4)6-7-23(25)24(30(33)38)19-28(35)37/h5-8,17-19,21,29H,9-16H2,1-4H3,(H2,33,38)(H,39,40). The summed E-state index contributed by atoms with van der Waals surface area (Å²) in [6.07, 6.45) is 0.371. The molecule has 1 unspecified atom stereocenters. The molecule has 2 aliphatic rings. The number of piperidine rings is 1. The average molecular weight is 593 g/mol. The Hall–Kier alpha value is -4.25. The van der Waals surface area contributed by atoms with Gasteiger partial charge in [-0.05, 0) is 48.1 Å². The number of hydrogen-bond donors (Lipinski definition) is 2. The van der Waals surface area contributed by atoms with Crippen molar-refractivity contribution in [2.75, 3.05) is 40.0 Å². The molecule has 3 aromatic rings. The fourth-order valence-corrected chi connectivity index (χ4v) is 6.37.